The number of nitrogens with one attached hydrogen (secondary N) is 2. The number of hydrogen-bond donors (Lipinski definition) is 2. The van der Waals surface area contributed by atoms with E-state index < -0.39 is 5.91 Å². The largest absolute Gasteiger partial charge is 0.496 e. The standard InChI is InChI=1S/C20H19ClN4O4/c1-27-17-10-19(29-3)18(28-2)8-13(17)11-22-25-20(26)16-9-15(23-24-16)12-4-6-14(21)7-5-12/h4-11H,1-3H3,(H,23,24)(H,25,26). The lowest BCUT2D eigenvalue weighted by Gasteiger charge is -2.11. The fraction of sp³-hybridized carbons (Fsp3) is 0.150. The number of ether oxygens (including phenoxy) is 3. The molecule has 3 aromatic rings. The zero-order valence-electron chi connectivity index (χ0n) is 16.0. The topological polar surface area (TPSA) is 97.8 Å². The van der Waals surface area contributed by atoms with E-state index >= 15 is 0 Å². The minimum Gasteiger partial charge on any atom is -0.496 e. The van der Waals surface area contributed by atoms with E-state index in [0.29, 0.717) is 33.5 Å². The van der Waals surface area contributed by atoms with Gasteiger partial charge in [0.25, 0.3) is 5.91 Å². The van der Waals surface area contributed by atoms with Crippen LogP contribution in [0.1, 0.15) is 16.1 Å². The number of amides is 1. The number of hydrazone groups is 1. The van der Waals surface area contributed by atoms with Crippen LogP contribution in [0.3, 0.4) is 0 Å². The van der Waals surface area contributed by atoms with Crippen molar-refractivity contribution < 1.29 is 19.0 Å². The van der Waals surface area contributed by atoms with Crippen molar-refractivity contribution in [3.05, 3.63) is 58.7 Å². The van der Waals surface area contributed by atoms with Crippen molar-refractivity contribution in [2.45, 2.75) is 0 Å². The van der Waals surface area contributed by atoms with Crippen molar-refractivity contribution in [3.8, 4) is 28.5 Å². The highest BCUT2D eigenvalue weighted by molar-refractivity contribution is 6.30. The van der Waals surface area contributed by atoms with Gasteiger partial charge >= 0.3 is 0 Å². The van der Waals surface area contributed by atoms with E-state index in [-0.39, 0.29) is 5.69 Å². The van der Waals surface area contributed by atoms with E-state index in [1.807, 2.05) is 12.1 Å². The summed E-state index contributed by atoms with van der Waals surface area (Å²) in [7, 11) is 4.59. The number of nitrogens with zero attached hydrogens (tertiary/aromatic N) is 2. The second-order valence-corrected chi connectivity index (χ2v) is 6.26. The zero-order chi connectivity index (χ0) is 20.8. The molecule has 1 aromatic heterocycles. The van der Waals surface area contributed by atoms with Crippen molar-refractivity contribution in [1.82, 2.24) is 15.6 Å². The Labute approximate surface area is 172 Å². The lowest BCUT2D eigenvalue weighted by atomic mass is 10.1. The first-order chi connectivity index (χ1) is 14.0. The molecule has 0 aliphatic heterocycles. The van der Waals surface area contributed by atoms with Crippen molar-refractivity contribution in [2.75, 3.05) is 21.3 Å². The van der Waals surface area contributed by atoms with Crippen LogP contribution in [0.25, 0.3) is 11.3 Å². The van der Waals surface area contributed by atoms with Gasteiger partial charge in [0.2, 0.25) is 0 Å². The number of halogens is 1. The number of methoxy groups -OCH3 is 3. The molecule has 0 aliphatic carbocycles. The van der Waals surface area contributed by atoms with Crippen molar-refractivity contribution in [3.63, 3.8) is 0 Å². The first-order valence-corrected chi connectivity index (χ1v) is 8.88. The zero-order valence-corrected chi connectivity index (χ0v) is 16.8. The van der Waals surface area contributed by atoms with Crippen LogP contribution >= 0.6 is 11.6 Å². The fourth-order valence-electron chi connectivity index (χ4n) is 2.58. The molecule has 2 aromatic carbocycles. The summed E-state index contributed by atoms with van der Waals surface area (Å²) in [5.74, 6) is 1.13. The van der Waals surface area contributed by atoms with Gasteiger partial charge in [0.1, 0.15) is 11.4 Å². The van der Waals surface area contributed by atoms with Gasteiger partial charge in [-0.25, -0.2) is 5.43 Å². The van der Waals surface area contributed by atoms with Crippen LogP contribution < -0.4 is 19.6 Å². The third-order valence-electron chi connectivity index (χ3n) is 4.07. The summed E-state index contributed by atoms with van der Waals surface area (Å²) >= 11 is 5.89. The lowest BCUT2D eigenvalue weighted by molar-refractivity contribution is 0.0950. The van der Waals surface area contributed by atoms with E-state index in [1.165, 1.54) is 27.5 Å². The maximum atomic E-state index is 12.3. The molecule has 0 spiro atoms. The molecule has 0 fully saturated rings. The fourth-order valence-corrected chi connectivity index (χ4v) is 2.71. The lowest BCUT2D eigenvalue weighted by Crippen LogP contribution is -2.18. The highest BCUT2D eigenvalue weighted by Gasteiger charge is 2.12. The van der Waals surface area contributed by atoms with Crippen LogP contribution in [0.2, 0.25) is 5.02 Å². The first-order valence-electron chi connectivity index (χ1n) is 8.50. The van der Waals surface area contributed by atoms with Gasteiger partial charge in [0.05, 0.1) is 33.2 Å². The van der Waals surface area contributed by atoms with Gasteiger partial charge in [-0.2, -0.15) is 10.2 Å². The molecule has 0 bridgehead atoms. The molecule has 2 N–H and O–H groups in total. The molecule has 0 radical (unpaired) electrons. The number of carbonyl (C=O) groups excluding carboxylic acids is 1. The summed E-state index contributed by atoms with van der Waals surface area (Å²) < 4.78 is 15.8. The highest BCUT2D eigenvalue weighted by Crippen LogP contribution is 2.33. The molecule has 1 amide bonds. The van der Waals surface area contributed by atoms with E-state index in [2.05, 4.69) is 20.7 Å². The molecule has 0 saturated heterocycles. The Balaban J connectivity index is 1.72. The van der Waals surface area contributed by atoms with Crippen molar-refractivity contribution >= 4 is 23.7 Å². The number of benzene rings is 2. The van der Waals surface area contributed by atoms with Gasteiger partial charge < -0.3 is 14.2 Å². The summed E-state index contributed by atoms with van der Waals surface area (Å²) in [4.78, 5) is 12.3. The second-order valence-electron chi connectivity index (χ2n) is 5.82. The Hall–Kier alpha value is -3.52. The van der Waals surface area contributed by atoms with Gasteiger partial charge in [-0.05, 0) is 24.3 Å². The summed E-state index contributed by atoms with van der Waals surface area (Å²) in [6, 6.07) is 12.2. The molecular weight excluding hydrogens is 396 g/mol. The summed E-state index contributed by atoms with van der Waals surface area (Å²) in [6.07, 6.45) is 1.45. The summed E-state index contributed by atoms with van der Waals surface area (Å²) in [6.45, 7) is 0. The molecule has 1 heterocycles. The third kappa shape index (κ3) is 4.67. The van der Waals surface area contributed by atoms with Gasteiger partial charge in [0.15, 0.2) is 11.5 Å². The maximum Gasteiger partial charge on any atom is 0.289 e. The van der Waals surface area contributed by atoms with Gasteiger partial charge in [-0.3, -0.25) is 9.89 Å². The molecule has 3 rings (SSSR count). The number of H-pyrrole nitrogens is 1. The Morgan fingerprint density at radius 1 is 1.03 bits per heavy atom. The molecule has 0 atom stereocenters. The normalized spacial score (nSPS) is 10.8. The maximum absolute atomic E-state index is 12.3. The van der Waals surface area contributed by atoms with E-state index in [1.54, 1.807) is 30.3 Å². The van der Waals surface area contributed by atoms with Gasteiger partial charge in [0, 0.05) is 22.2 Å². The molecule has 9 heteroatoms. The Morgan fingerprint density at radius 2 is 1.69 bits per heavy atom. The summed E-state index contributed by atoms with van der Waals surface area (Å²) in [5.41, 5.74) is 4.79. The average Bonchev–Trinajstić information content (AvgIpc) is 3.24. The minimum atomic E-state index is -0.437. The first kappa shape index (κ1) is 20.2. The Bertz CT molecular complexity index is 1030. The molecule has 0 saturated carbocycles. The van der Waals surface area contributed by atoms with Gasteiger partial charge in [-0.1, -0.05) is 23.7 Å². The second kappa shape index (κ2) is 9.11. The average molecular weight is 415 g/mol. The number of carbonyl (C=O) groups is 1. The van der Waals surface area contributed by atoms with Gasteiger partial charge in [-0.15, -0.1) is 0 Å². The monoisotopic (exact) mass is 414 g/mol. The van der Waals surface area contributed by atoms with E-state index in [9.17, 15) is 4.79 Å². The van der Waals surface area contributed by atoms with Crippen molar-refractivity contribution in [2.24, 2.45) is 5.10 Å². The van der Waals surface area contributed by atoms with Crippen LogP contribution in [0.15, 0.2) is 47.6 Å². The van der Waals surface area contributed by atoms with Crippen LogP contribution in [0, 0.1) is 0 Å². The molecule has 0 unspecified atom stereocenters. The Morgan fingerprint density at radius 3 is 2.34 bits per heavy atom. The molecule has 8 nitrogen and oxygen atoms in total. The predicted molar refractivity (Wildman–Crippen MR) is 110 cm³/mol. The van der Waals surface area contributed by atoms with Crippen LogP contribution in [-0.2, 0) is 0 Å². The van der Waals surface area contributed by atoms with E-state index in [0.717, 1.165) is 5.56 Å². The quantitative estimate of drug-likeness (QED) is 0.455. The number of aromatic nitrogens is 2. The number of rotatable bonds is 7. The van der Waals surface area contributed by atoms with E-state index in [4.69, 9.17) is 25.8 Å². The van der Waals surface area contributed by atoms with Crippen molar-refractivity contribution in [1.29, 1.82) is 0 Å². The Kier molecular flexibility index (Phi) is 6.36. The van der Waals surface area contributed by atoms with Crippen LogP contribution in [0.4, 0.5) is 0 Å². The number of aromatic amines is 1. The predicted octanol–water partition coefficient (Wildman–Crippen LogP) is 3.52. The molecule has 150 valence electrons. The smallest absolute Gasteiger partial charge is 0.289 e. The highest BCUT2D eigenvalue weighted by atomic mass is 35.5. The third-order valence-corrected chi connectivity index (χ3v) is 4.32. The minimum absolute atomic E-state index is 0.270. The molecular formula is C20H19ClN4O4. The summed E-state index contributed by atoms with van der Waals surface area (Å²) in [5, 5.41) is 11.4. The number of hydrogen-bond acceptors (Lipinski definition) is 6. The molecule has 29 heavy (non-hydrogen) atoms. The van der Waals surface area contributed by atoms with Crippen LogP contribution in [-0.4, -0.2) is 43.6 Å². The molecule has 0 aliphatic rings. The van der Waals surface area contributed by atoms with Crippen LogP contribution in [0.5, 0.6) is 17.2 Å². The SMILES string of the molecule is COc1cc(OC)c(OC)cc1C=NNC(=O)c1cc(-c2ccc(Cl)cc2)n[nH]1.